The highest BCUT2D eigenvalue weighted by molar-refractivity contribution is 7.90. The monoisotopic (exact) mass is 502 g/mol. The van der Waals surface area contributed by atoms with Crippen molar-refractivity contribution in [2.24, 2.45) is 7.05 Å². The Bertz CT molecular complexity index is 1300. The Morgan fingerprint density at radius 3 is 2.53 bits per heavy atom. The highest BCUT2D eigenvalue weighted by Crippen LogP contribution is 2.26. The molecule has 0 spiro atoms. The van der Waals surface area contributed by atoms with Gasteiger partial charge in [-0.25, -0.2) is 8.42 Å². The van der Waals surface area contributed by atoms with Gasteiger partial charge in [0.25, 0.3) is 5.91 Å². The third-order valence-electron chi connectivity index (χ3n) is 5.98. The Morgan fingerprint density at radius 1 is 1.18 bits per heavy atom. The molecule has 3 heterocycles. The van der Waals surface area contributed by atoms with Crippen LogP contribution in [-0.4, -0.2) is 56.4 Å². The second-order valence-electron chi connectivity index (χ2n) is 8.45. The lowest BCUT2D eigenvalue weighted by Crippen LogP contribution is -2.36. The van der Waals surface area contributed by atoms with E-state index < -0.39 is 9.84 Å². The maximum atomic E-state index is 12.8. The first-order chi connectivity index (χ1) is 16.1. The second-order valence-corrected chi connectivity index (χ2v) is 10.9. The average Bonchev–Trinajstić information content (AvgIpc) is 3.20. The van der Waals surface area contributed by atoms with Crippen molar-refractivity contribution in [3.8, 4) is 11.4 Å². The van der Waals surface area contributed by atoms with Crippen LogP contribution < -0.4 is 10.2 Å². The Balaban J connectivity index is 1.49. The van der Waals surface area contributed by atoms with E-state index >= 15 is 0 Å². The topological polar surface area (TPSA) is 93.5 Å². The van der Waals surface area contributed by atoms with Crippen LogP contribution in [0.1, 0.15) is 23.2 Å². The van der Waals surface area contributed by atoms with Gasteiger partial charge >= 0.3 is 0 Å². The molecule has 1 amide bonds. The molecule has 0 radical (unpaired) electrons. The van der Waals surface area contributed by atoms with E-state index in [1.165, 1.54) is 18.2 Å². The quantitative estimate of drug-likeness (QED) is 0.547. The molecule has 0 saturated carbocycles. The third kappa shape index (κ3) is 5.43. The standard InChI is InChI=1S/C24H27ClN4O4S/c1-28-15-16(24(30)27-18-11-17(25)12-21(13-18)34(3,31)32)10-23(28)22-5-4-19(14-26-22)29-8-6-20(33-2)7-9-29/h4-5,10-15,20H,6-9H2,1-3H3,(H,27,30). The van der Waals surface area contributed by atoms with Gasteiger partial charge in [-0.3, -0.25) is 9.78 Å². The number of hydrogen-bond donors (Lipinski definition) is 1. The van der Waals surface area contributed by atoms with Crippen molar-refractivity contribution < 1.29 is 17.9 Å². The van der Waals surface area contributed by atoms with Crippen molar-refractivity contribution in [3.05, 3.63) is 59.4 Å². The van der Waals surface area contributed by atoms with E-state index in [2.05, 4.69) is 15.2 Å². The van der Waals surface area contributed by atoms with Gasteiger partial charge in [0.05, 0.1) is 39.8 Å². The Kier molecular flexibility index (Phi) is 6.97. The zero-order valence-corrected chi connectivity index (χ0v) is 20.9. The Morgan fingerprint density at radius 2 is 1.91 bits per heavy atom. The van der Waals surface area contributed by atoms with Crippen molar-refractivity contribution in [2.75, 3.05) is 36.7 Å². The van der Waals surface area contributed by atoms with Crippen LogP contribution in [0.25, 0.3) is 11.4 Å². The molecule has 8 nitrogen and oxygen atoms in total. The third-order valence-corrected chi connectivity index (χ3v) is 7.29. The number of carbonyl (C=O) groups excluding carboxylic acids is 1. The molecular formula is C24H27ClN4O4S. The number of ether oxygens (including phenoxy) is 1. The molecule has 1 aliphatic heterocycles. The lowest BCUT2D eigenvalue weighted by Gasteiger charge is -2.32. The van der Waals surface area contributed by atoms with Crippen molar-refractivity contribution in [1.82, 2.24) is 9.55 Å². The van der Waals surface area contributed by atoms with Gasteiger partial charge in [0.15, 0.2) is 9.84 Å². The Hall–Kier alpha value is -2.88. The number of hydrogen-bond acceptors (Lipinski definition) is 6. The van der Waals surface area contributed by atoms with E-state index in [4.69, 9.17) is 16.3 Å². The summed E-state index contributed by atoms with van der Waals surface area (Å²) in [6, 6.07) is 9.99. The molecule has 0 atom stereocenters. The zero-order chi connectivity index (χ0) is 24.5. The zero-order valence-electron chi connectivity index (χ0n) is 19.3. The number of methoxy groups -OCH3 is 1. The Labute approximate surface area is 204 Å². The van der Waals surface area contributed by atoms with Crippen LogP contribution in [-0.2, 0) is 21.6 Å². The molecule has 1 aliphatic rings. The minimum absolute atomic E-state index is 0.0415. The molecule has 0 bridgehead atoms. The fourth-order valence-electron chi connectivity index (χ4n) is 4.07. The number of anilines is 2. The highest BCUT2D eigenvalue weighted by atomic mass is 35.5. The molecule has 1 N–H and O–H groups in total. The first-order valence-corrected chi connectivity index (χ1v) is 13.1. The van der Waals surface area contributed by atoms with Crippen molar-refractivity contribution in [1.29, 1.82) is 0 Å². The molecule has 34 heavy (non-hydrogen) atoms. The van der Waals surface area contributed by atoms with Crippen LogP contribution in [0, 0.1) is 0 Å². The fraction of sp³-hybridized carbons (Fsp3) is 0.333. The first-order valence-electron chi connectivity index (χ1n) is 10.9. The lowest BCUT2D eigenvalue weighted by molar-refractivity contribution is 0.0819. The lowest BCUT2D eigenvalue weighted by atomic mass is 10.1. The van der Waals surface area contributed by atoms with Gasteiger partial charge < -0.3 is 19.5 Å². The van der Waals surface area contributed by atoms with E-state index in [-0.39, 0.29) is 15.8 Å². The van der Waals surface area contributed by atoms with Gasteiger partial charge in [-0.05, 0) is 49.2 Å². The van der Waals surface area contributed by atoms with E-state index in [0.717, 1.165) is 49.3 Å². The number of piperidine rings is 1. The number of amides is 1. The van der Waals surface area contributed by atoms with Gasteiger partial charge in [0, 0.05) is 50.4 Å². The predicted molar refractivity (Wildman–Crippen MR) is 133 cm³/mol. The number of pyridine rings is 1. The fourth-order valence-corrected chi connectivity index (χ4v) is 5.05. The summed E-state index contributed by atoms with van der Waals surface area (Å²) in [5.41, 5.74) is 3.33. The number of aryl methyl sites for hydroxylation is 1. The molecule has 1 saturated heterocycles. The number of benzene rings is 1. The van der Waals surface area contributed by atoms with Crippen molar-refractivity contribution >= 4 is 38.7 Å². The second kappa shape index (κ2) is 9.77. The van der Waals surface area contributed by atoms with Crippen LogP contribution >= 0.6 is 11.6 Å². The highest BCUT2D eigenvalue weighted by Gasteiger charge is 2.20. The summed E-state index contributed by atoms with van der Waals surface area (Å²) in [6.07, 6.45) is 6.96. The van der Waals surface area contributed by atoms with Crippen LogP contribution in [0.2, 0.25) is 5.02 Å². The van der Waals surface area contributed by atoms with Gasteiger partial charge in [0.2, 0.25) is 0 Å². The number of halogens is 1. The molecule has 180 valence electrons. The molecule has 0 unspecified atom stereocenters. The predicted octanol–water partition coefficient (Wildman–Crippen LogP) is 4.01. The maximum Gasteiger partial charge on any atom is 0.257 e. The number of carbonyl (C=O) groups is 1. The summed E-state index contributed by atoms with van der Waals surface area (Å²) >= 11 is 6.04. The van der Waals surface area contributed by atoms with E-state index in [1.807, 2.05) is 29.9 Å². The molecule has 1 fully saturated rings. The minimum atomic E-state index is -3.46. The molecule has 0 aliphatic carbocycles. The minimum Gasteiger partial charge on any atom is -0.381 e. The van der Waals surface area contributed by atoms with Gasteiger partial charge in [-0.1, -0.05) is 11.6 Å². The van der Waals surface area contributed by atoms with Gasteiger partial charge in [0.1, 0.15) is 0 Å². The number of rotatable bonds is 6. The number of aromatic nitrogens is 2. The van der Waals surface area contributed by atoms with Crippen LogP contribution in [0.3, 0.4) is 0 Å². The number of sulfone groups is 1. The van der Waals surface area contributed by atoms with E-state index in [9.17, 15) is 13.2 Å². The summed E-state index contributed by atoms with van der Waals surface area (Å²) in [6.45, 7) is 1.86. The van der Waals surface area contributed by atoms with E-state index in [0.29, 0.717) is 17.4 Å². The molecule has 1 aromatic carbocycles. The smallest absolute Gasteiger partial charge is 0.257 e. The summed E-state index contributed by atoms with van der Waals surface area (Å²) in [4.78, 5) is 19.8. The van der Waals surface area contributed by atoms with Gasteiger partial charge in [-0.2, -0.15) is 0 Å². The normalized spacial score (nSPS) is 14.9. The largest absolute Gasteiger partial charge is 0.381 e. The molecule has 3 aromatic rings. The van der Waals surface area contributed by atoms with E-state index in [1.54, 1.807) is 19.4 Å². The summed E-state index contributed by atoms with van der Waals surface area (Å²) in [5.74, 6) is -0.374. The average molecular weight is 503 g/mol. The van der Waals surface area contributed by atoms with Crippen LogP contribution in [0.4, 0.5) is 11.4 Å². The SMILES string of the molecule is COC1CCN(c2ccc(-c3cc(C(=O)Nc4cc(Cl)cc(S(C)(=O)=O)c4)cn3C)nc2)CC1. The summed E-state index contributed by atoms with van der Waals surface area (Å²) in [5, 5.41) is 2.95. The number of nitrogens with one attached hydrogen (secondary N) is 1. The molecule has 10 heteroatoms. The van der Waals surface area contributed by atoms with Crippen LogP contribution in [0.15, 0.2) is 53.7 Å². The van der Waals surface area contributed by atoms with Crippen molar-refractivity contribution in [3.63, 3.8) is 0 Å². The molecular weight excluding hydrogens is 476 g/mol. The molecule has 2 aromatic heterocycles. The van der Waals surface area contributed by atoms with Crippen LogP contribution in [0.5, 0.6) is 0 Å². The van der Waals surface area contributed by atoms with Crippen molar-refractivity contribution in [2.45, 2.75) is 23.8 Å². The molecule has 4 rings (SSSR count). The van der Waals surface area contributed by atoms with Gasteiger partial charge in [-0.15, -0.1) is 0 Å². The summed E-state index contributed by atoms with van der Waals surface area (Å²) < 4.78 is 31.0. The first kappa shape index (κ1) is 24.3. The summed E-state index contributed by atoms with van der Waals surface area (Å²) in [7, 11) is 0.142. The maximum absolute atomic E-state index is 12.8. The number of nitrogens with zero attached hydrogens (tertiary/aromatic N) is 3.